The van der Waals surface area contributed by atoms with Crippen LogP contribution >= 0.6 is 0 Å². The van der Waals surface area contributed by atoms with E-state index in [0.29, 0.717) is 17.8 Å². The van der Waals surface area contributed by atoms with Crippen molar-refractivity contribution >= 4 is 5.97 Å². The highest BCUT2D eigenvalue weighted by atomic mass is 16.4. The molecule has 148 valence electrons. The lowest BCUT2D eigenvalue weighted by Crippen LogP contribution is -2.63. The van der Waals surface area contributed by atoms with E-state index in [-0.39, 0.29) is 33.7 Å². The van der Waals surface area contributed by atoms with Gasteiger partial charge in [0.05, 0.1) is 12.0 Å². The molecule has 26 heavy (non-hydrogen) atoms. The average molecular weight is 363 g/mol. The first-order valence-electron chi connectivity index (χ1n) is 10.9. The zero-order valence-electron chi connectivity index (χ0n) is 17.3. The van der Waals surface area contributed by atoms with Gasteiger partial charge in [0.2, 0.25) is 0 Å². The molecule has 2 N–H and O–H groups in total. The third-order valence-corrected chi connectivity index (χ3v) is 10.7. The minimum atomic E-state index is -0.567. The summed E-state index contributed by atoms with van der Waals surface area (Å²) in [6.45, 7) is 12.0. The zero-order valence-corrected chi connectivity index (χ0v) is 17.3. The van der Waals surface area contributed by atoms with Crippen LogP contribution in [0.4, 0.5) is 0 Å². The third-order valence-electron chi connectivity index (χ3n) is 10.7. The van der Waals surface area contributed by atoms with Crippen LogP contribution in [0.25, 0.3) is 0 Å². The van der Waals surface area contributed by atoms with Crippen molar-refractivity contribution in [2.45, 2.75) is 92.1 Å². The number of hydrogen-bond donors (Lipinski definition) is 2. The summed E-state index contributed by atoms with van der Waals surface area (Å²) in [6, 6.07) is 0. The minimum absolute atomic E-state index is 0.00857. The topological polar surface area (TPSA) is 57.5 Å². The van der Waals surface area contributed by atoms with Crippen molar-refractivity contribution in [2.75, 3.05) is 0 Å². The highest BCUT2D eigenvalue weighted by Crippen LogP contribution is 2.75. The molecule has 0 aromatic rings. The summed E-state index contributed by atoms with van der Waals surface area (Å²) < 4.78 is 0. The van der Waals surface area contributed by atoms with Gasteiger partial charge in [-0.15, -0.1) is 0 Å². The summed E-state index contributed by atoms with van der Waals surface area (Å²) in [6.07, 6.45) is 8.47. The van der Waals surface area contributed by atoms with Crippen LogP contribution in [0, 0.1) is 45.3 Å². The molecule has 0 amide bonds. The molecule has 4 rings (SSSR count). The summed E-state index contributed by atoms with van der Waals surface area (Å²) in [4.78, 5) is 11.8. The second-order valence-electron chi connectivity index (χ2n) is 11.5. The van der Waals surface area contributed by atoms with Crippen molar-refractivity contribution in [3.8, 4) is 0 Å². The maximum absolute atomic E-state index is 11.8. The van der Waals surface area contributed by atoms with Gasteiger partial charge >= 0.3 is 5.97 Å². The fraction of sp³-hybridized carbons (Fsp3) is 0.957. The summed E-state index contributed by atoms with van der Waals surface area (Å²) in [5.41, 5.74) is 0.674. The molecule has 3 heteroatoms. The fourth-order valence-corrected chi connectivity index (χ4v) is 9.03. The number of aliphatic hydroxyl groups is 1. The van der Waals surface area contributed by atoms with Crippen LogP contribution in [0.15, 0.2) is 0 Å². The van der Waals surface area contributed by atoms with Gasteiger partial charge in [0.15, 0.2) is 0 Å². The molecule has 0 aliphatic heterocycles. The molecule has 4 aliphatic carbocycles. The van der Waals surface area contributed by atoms with E-state index in [0.717, 1.165) is 32.1 Å². The lowest BCUT2D eigenvalue weighted by Gasteiger charge is -2.69. The molecule has 0 radical (unpaired) electrons. The van der Waals surface area contributed by atoms with Crippen LogP contribution in [0.1, 0.15) is 86.0 Å². The number of carboxylic acid groups (broad SMARTS) is 1. The molecular weight excluding hydrogens is 324 g/mol. The van der Waals surface area contributed by atoms with Gasteiger partial charge in [0.25, 0.3) is 0 Å². The average Bonchev–Trinajstić information content (AvgIpc) is 2.90. The van der Waals surface area contributed by atoms with Gasteiger partial charge in [-0.3, -0.25) is 4.79 Å². The quantitative estimate of drug-likeness (QED) is 0.681. The van der Waals surface area contributed by atoms with Gasteiger partial charge in [-0.25, -0.2) is 0 Å². The maximum atomic E-state index is 11.8. The summed E-state index contributed by atoms with van der Waals surface area (Å²) in [5, 5.41) is 20.4. The molecule has 4 aliphatic rings. The molecular formula is C23H38O3. The first kappa shape index (κ1) is 18.8. The van der Waals surface area contributed by atoms with Crippen LogP contribution < -0.4 is 0 Å². The number of fused-ring (bicyclic) bond motifs is 5. The van der Waals surface area contributed by atoms with E-state index >= 15 is 0 Å². The SMILES string of the molecule is CC1(C)[C@@H](O)CC[C@]2(C)[C@H]3CC[C@@H]4[C@@H](C(=O)O)CC[C@@]4(C)[C@]3(C)CC[C@@H]12. The molecule has 4 saturated carbocycles. The van der Waals surface area contributed by atoms with Crippen molar-refractivity contribution < 1.29 is 15.0 Å². The zero-order chi connectivity index (χ0) is 19.1. The Morgan fingerprint density at radius 1 is 0.808 bits per heavy atom. The molecule has 4 fully saturated rings. The molecule has 3 nitrogen and oxygen atoms in total. The first-order valence-corrected chi connectivity index (χ1v) is 10.9. The number of carbonyl (C=O) groups is 1. The smallest absolute Gasteiger partial charge is 0.306 e. The van der Waals surface area contributed by atoms with E-state index in [2.05, 4.69) is 34.6 Å². The van der Waals surface area contributed by atoms with Crippen molar-refractivity contribution in [1.82, 2.24) is 0 Å². The number of hydrogen-bond acceptors (Lipinski definition) is 2. The largest absolute Gasteiger partial charge is 0.481 e. The van der Waals surface area contributed by atoms with Crippen LogP contribution in [-0.4, -0.2) is 22.3 Å². The molecule has 0 spiro atoms. The van der Waals surface area contributed by atoms with Crippen molar-refractivity contribution in [3.63, 3.8) is 0 Å². The van der Waals surface area contributed by atoms with Crippen LogP contribution in [0.3, 0.4) is 0 Å². The van der Waals surface area contributed by atoms with E-state index in [9.17, 15) is 15.0 Å². The van der Waals surface area contributed by atoms with Crippen molar-refractivity contribution in [1.29, 1.82) is 0 Å². The summed E-state index contributed by atoms with van der Waals surface area (Å²) in [7, 11) is 0. The fourth-order valence-electron chi connectivity index (χ4n) is 9.03. The Morgan fingerprint density at radius 2 is 1.46 bits per heavy atom. The molecule has 0 heterocycles. The van der Waals surface area contributed by atoms with Crippen LogP contribution in [-0.2, 0) is 4.79 Å². The number of aliphatic carboxylic acids is 1. The highest BCUT2D eigenvalue weighted by Gasteiger charge is 2.68. The minimum Gasteiger partial charge on any atom is -0.481 e. The van der Waals surface area contributed by atoms with Gasteiger partial charge < -0.3 is 10.2 Å². The van der Waals surface area contributed by atoms with Gasteiger partial charge in [-0.1, -0.05) is 34.6 Å². The third kappa shape index (κ3) is 2.07. The summed E-state index contributed by atoms with van der Waals surface area (Å²) in [5.74, 6) is 0.891. The number of carboxylic acids is 1. The van der Waals surface area contributed by atoms with Crippen LogP contribution in [0.2, 0.25) is 0 Å². The Bertz CT molecular complexity index is 613. The molecule has 0 unspecified atom stereocenters. The van der Waals surface area contributed by atoms with Crippen molar-refractivity contribution in [3.05, 3.63) is 0 Å². The molecule has 0 aromatic carbocycles. The Hall–Kier alpha value is -0.570. The van der Waals surface area contributed by atoms with E-state index in [1.54, 1.807) is 0 Å². The monoisotopic (exact) mass is 362 g/mol. The van der Waals surface area contributed by atoms with Gasteiger partial charge in [-0.2, -0.15) is 0 Å². The maximum Gasteiger partial charge on any atom is 0.306 e. The molecule has 0 aromatic heterocycles. The molecule has 0 bridgehead atoms. The van der Waals surface area contributed by atoms with Crippen molar-refractivity contribution in [2.24, 2.45) is 45.3 Å². The predicted molar refractivity (Wildman–Crippen MR) is 103 cm³/mol. The standard InChI is InChI=1S/C23H38O3/c1-20(2)16-9-13-23(5)17(21(16,3)11-10-18(20)24)7-6-15-14(19(25)26)8-12-22(15,23)4/h14-18,24H,6-13H2,1-5H3,(H,25,26)/t14-,15+,16-,17+,18-,21-,22+,23+/m0/s1. The van der Waals surface area contributed by atoms with E-state index in [4.69, 9.17) is 0 Å². The lowest BCUT2D eigenvalue weighted by atomic mass is 9.35. The normalized spacial score (nSPS) is 55.5. The second kappa shape index (κ2) is 5.49. The summed E-state index contributed by atoms with van der Waals surface area (Å²) >= 11 is 0. The Kier molecular flexibility index (Phi) is 3.96. The van der Waals surface area contributed by atoms with E-state index in [1.807, 2.05) is 0 Å². The van der Waals surface area contributed by atoms with Gasteiger partial charge in [-0.05, 0) is 90.8 Å². The first-order chi connectivity index (χ1) is 12.0. The highest BCUT2D eigenvalue weighted by molar-refractivity contribution is 5.71. The number of rotatable bonds is 1. The van der Waals surface area contributed by atoms with Gasteiger partial charge in [0.1, 0.15) is 0 Å². The van der Waals surface area contributed by atoms with Crippen LogP contribution in [0.5, 0.6) is 0 Å². The number of aliphatic hydroxyl groups excluding tert-OH is 1. The van der Waals surface area contributed by atoms with E-state index in [1.165, 1.54) is 19.3 Å². The molecule has 8 atom stereocenters. The Morgan fingerprint density at radius 3 is 2.12 bits per heavy atom. The van der Waals surface area contributed by atoms with Gasteiger partial charge in [0, 0.05) is 0 Å². The molecule has 0 saturated heterocycles. The Balaban J connectivity index is 1.73. The lowest BCUT2D eigenvalue weighted by molar-refractivity contribution is -0.221. The Labute approximate surface area is 158 Å². The van der Waals surface area contributed by atoms with E-state index < -0.39 is 5.97 Å². The predicted octanol–water partition coefficient (Wildman–Crippen LogP) is 5.12. The second-order valence-corrected chi connectivity index (χ2v) is 11.5.